The first-order valence-corrected chi connectivity index (χ1v) is 10.7. The van der Waals surface area contributed by atoms with Gasteiger partial charge in [0, 0.05) is 0 Å². The molecule has 168 valence electrons. The van der Waals surface area contributed by atoms with Gasteiger partial charge in [-0.3, -0.25) is 0 Å². The number of phenolic OH excluding ortho intramolecular Hbond substituents is 1. The van der Waals surface area contributed by atoms with Crippen molar-refractivity contribution in [2.75, 3.05) is 19.8 Å². The first-order valence-electron chi connectivity index (χ1n) is 10.7. The first kappa shape index (κ1) is 24.4. The van der Waals surface area contributed by atoms with Crippen molar-refractivity contribution in [3.63, 3.8) is 0 Å². The van der Waals surface area contributed by atoms with Gasteiger partial charge in [0.2, 0.25) is 0 Å². The van der Waals surface area contributed by atoms with Crippen molar-refractivity contribution in [3.05, 3.63) is 59.9 Å². The van der Waals surface area contributed by atoms with Crippen molar-refractivity contribution >= 4 is 5.97 Å². The number of unbranched alkanes of at least 4 members (excludes halogenated alkanes) is 4. The van der Waals surface area contributed by atoms with Crippen LogP contribution in [0.4, 0.5) is 4.39 Å². The monoisotopic (exact) mass is 430 g/mol. The van der Waals surface area contributed by atoms with Gasteiger partial charge in [-0.1, -0.05) is 57.4 Å². The standard InChI is InChI=1S/C25H31FO5/c1-3-4-5-6-7-8-22-21(13-14-23(28)24(22)26)19-9-11-20(12-10-19)30-15-16-31-25(29)18(2)17-27/h9-14,27-28H,2-8,15-17H2,1H3. The van der Waals surface area contributed by atoms with Gasteiger partial charge in [0.1, 0.15) is 19.0 Å². The zero-order chi connectivity index (χ0) is 22.6. The maximum atomic E-state index is 14.6. The lowest BCUT2D eigenvalue weighted by Crippen LogP contribution is -2.14. The highest BCUT2D eigenvalue weighted by Crippen LogP contribution is 2.32. The van der Waals surface area contributed by atoms with Crippen LogP contribution in [-0.4, -0.2) is 36.0 Å². The number of phenols is 1. The Hall–Kier alpha value is -2.86. The van der Waals surface area contributed by atoms with E-state index in [1.54, 1.807) is 18.2 Å². The Morgan fingerprint density at radius 1 is 1.03 bits per heavy atom. The van der Waals surface area contributed by atoms with Gasteiger partial charge < -0.3 is 19.7 Å². The molecule has 2 aromatic carbocycles. The van der Waals surface area contributed by atoms with Crippen LogP contribution in [0.5, 0.6) is 11.5 Å². The van der Waals surface area contributed by atoms with E-state index in [1.165, 1.54) is 12.5 Å². The van der Waals surface area contributed by atoms with Crippen LogP contribution in [0.25, 0.3) is 11.1 Å². The second-order valence-electron chi connectivity index (χ2n) is 7.36. The van der Waals surface area contributed by atoms with Crippen molar-refractivity contribution in [1.82, 2.24) is 0 Å². The van der Waals surface area contributed by atoms with Crippen molar-refractivity contribution in [2.24, 2.45) is 0 Å². The summed E-state index contributed by atoms with van der Waals surface area (Å²) in [6.45, 7) is 5.29. The molecule has 0 aliphatic rings. The topological polar surface area (TPSA) is 76.0 Å². The van der Waals surface area contributed by atoms with Crippen LogP contribution in [0.2, 0.25) is 0 Å². The molecule has 0 bridgehead atoms. The predicted octanol–water partition coefficient (Wildman–Crippen LogP) is 5.18. The van der Waals surface area contributed by atoms with Crippen molar-refractivity contribution in [1.29, 1.82) is 0 Å². The van der Waals surface area contributed by atoms with E-state index >= 15 is 0 Å². The number of esters is 1. The molecule has 6 heteroatoms. The molecule has 2 aromatic rings. The third kappa shape index (κ3) is 7.40. The van der Waals surface area contributed by atoms with Crippen LogP contribution >= 0.6 is 0 Å². The minimum absolute atomic E-state index is 0.00773. The molecule has 0 aromatic heterocycles. The zero-order valence-corrected chi connectivity index (χ0v) is 18.0. The smallest absolute Gasteiger partial charge is 0.335 e. The zero-order valence-electron chi connectivity index (χ0n) is 18.0. The van der Waals surface area contributed by atoms with E-state index in [9.17, 15) is 14.3 Å². The van der Waals surface area contributed by atoms with Gasteiger partial charge >= 0.3 is 5.97 Å². The van der Waals surface area contributed by atoms with E-state index < -0.39 is 18.4 Å². The maximum Gasteiger partial charge on any atom is 0.335 e. The van der Waals surface area contributed by atoms with E-state index in [-0.39, 0.29) is 24.5 Å². The Balaban J connectivity index is 1.99. The summed E-state index contributed by atoms with van der Waals surface area (Å²) in [5.41, 5.74) is 2.11. The molecule has 0 unspecified atom stereocenters. The van der Waals surface area contributed by atoms with Crippen LogP contribution in [0, 0.1) is 5.82 Å². The van der Waals surface area contributed by atoms with Gasteiger partial charge in [0.05, 0.1) is 12.2 Å². The normalized spacial score (nSPS) is 10.7. The Labute approximate surface area is 183 Å². The number of carbonyl (C=O) groups excluding carboxylic acids is 1. The summed E-state index contributed by atoms with van der Waals surface area (Å²) in [6, 6.07) is 10.3. The molecule has 0 aliphatic carbocycles. The van der Waals surface area contributed by atoms with Crippen molar-refractivity contribution < 1.29 is 28.9 Å². The third-order valence-corrected chi connectivity index (χ3v) is 4.98. The Morgan fingerprint density at radius 3 is 2.42 bits per heavy atom. The molecule has 0 amide bonds. The fourth-order valence-corrected chi connectivity index (χ4v) is 3.22. The first-order chi connectivity index (χ1) is 15.0. The Kier molecular flexibility index (Phi) is 10.0. The molecular weight excluding hydrogens is 399 g/mol. The molecule has 5 nitrogen and oxygen atoms in total. The summed E-state index contributed by atoms with van der Waals surface area (Å²) in [7, 11) is 0. The molecule has 0 spiro atoms. The van der Waals surface area contributed by atoms with E-state index in [2.05, 4.69) is 13.5 Å². The highest BCUT2D eigenvalue weighted by molar-refractivity contribution is 5.87. The number of aromatic hydroxyl groups is 1. The highest BCUT2D eigenvalue weighted by atomic mass is 19.1. The summed E-state index contributed by atoms with van der Waals surface area (Å²) < 4.78 is 25.1. The molecule has 0 saturated carbocycles. The predicted molar refractivity (Wildman–Crippen MR) is 119 cm³/mol. The lowest BCUT2D eigenvalue weighted by molar-refractivity contribution is -0.140. The summed E-state index contributed by atoms with van der Waals surface area (Å²) in [4.78, 5) is 11.4. The molecular formula is C25H31FO5. The van der Waals surface area contributed by atoms with E-state index in [4.69, 9.17) is 14.6 Å². The second-order valence-corrected chi connectivity index (χ2v) is 7.36. The molecule has 0 fully saturated rings. The Bertz CT molecular complexity index is 861. The number of halogens is 1. The van der Waals surface area contributed by atoms with E-state index in [1.807, 2.05) is 12.1 Å². The summed E-state index contributed by atoms with van der Waals surface area (Å²) in [5, 5.41) is 18.6. The van der Waals surface area contributed by atoms with Crippen LogP contribution in [0.3, 0.4) is 0 Å². The molecule has 2 rings (SSSR count). The number of ether oxygens (including phenoxy) is 2. The molecule has 0 saturated heterocycles. The quantitative estimate of drug-likeness (QED) is 0.260. The molecule has 2 N–H and O–H groups in total. The largest absolute Gasteiger partial charge is 0.505 e. The Morgan fingerprint density at radius 2 is 1.74 bits per heavy atom. The number of rotatable bonds is 13. The lowest BCUT2D eigenvalue weighted by atomic mass is 9.94. The van der Waals surface area contributed by atoms with Gasteiger partial charge in [0.15, 0.2) is 11.6 Å². The molecule has 0 atom stereocenters. The SMILES string of the molecule is C=C(CO)C(=O)OCCOc1ccc(-c2ccc(O)c(F)c2CCCCCCC)cc1. The van der Waals surface area contributed by atoms with Crippen LogP contribution in [-0.2, 0) is 16.0 Å². The average Bonchev–Trinajstić information content (AvgIpc) is 2.79. The number of benzene rings is 2. The van der Waals surface area contributed by atoms with Crippen LogP contribution < -0.4 is 4.74 Å². The number of hydrogen-bond donors (Lipinski definition) is 2. The molecule has 31 heavy (non-hydrogen) atoms. The molecule has 0 radical (unpaired) electrons. The fourth-order valence-electron chi connectivity index (χ4n) is 3.22. The fraction of sp³-hybridized carbons (Fsp3) is 0.400. The number of aliphatic hydroxyl groups excluding tert-OH is 1. The third-order valence-electron chi connectivity index (χ3n) is 4.98. The summed E-state index contributed by atoms with van der Waals surface area (Å²) >= 11 is 0. The van der Waals surface area contributed by atoms with Gasteiger partial charge in [-0.2, -0.15) is 0 Å². The minimum Gasteiger partial charge on any atom is -0.505 e. The van der Waals surface area contributed by atoms with Gasteiger partial charge in [-0.15, -0.1) is 0 Å². The number of carbonyl (C=O) groups is 1. The van der Waals surface area contributed by atoms with Gasteiger partial charge in [-0.05, 0) is 47.7 Å². The minimum atomic E-state index is -0.655. The van der Waals surface area contributed by atoms with Gasteiger partial charge in [-0.25, -0.2) is 9.18 Å². The number of hydrogen-bond acceptors (Lipinski definition) is 5. The van der Waals surface area contributed by atoms with Crippen molar-refractivity contribution in [3.8, 4) is 22.6 Å². The highest BCUT2D eigenvalue weighted by Gasteiger charge is 2.14. The van der Waals surface area contributed by atoms with Crippen LogP contribution in [0.1, 0.15) is 44.6 Å². The number of aliphatic hydroxyl groups is 1. The lowest BCUT2D eigenvalue weighted by Gasteiger charge is -2.13. The molecule has 0 heterocycles. The van der Waals surface area contributed by atoms with E-state index in [0.29, 0.717) is 17.7 Å². The molecule has 0 aliphatic heterocycles. The van der Waals surface area contributed by atoms with Crippen molar-refractivity contribution in [2.45, 2.75) is 45.4 Å². The maximum absolute atomic E-state index is 14.6. The van der Waals surface area contributed by atoms with Crippen LogP contribution in [0.15, 0.2) is 48.6 Å². The van der Waals surface area contributed by atoms with E-state index in [0.717, 1.165) is 36.8 Å². The summed E-state index contributed by atoms with van der Waals surface area (Å²) in [5.74, 6) is -0.954. The second kappa shape index (κ2) is 12.7. The van der Waals surface area contributed by atoms with Gasteiger partial charge in [0.25, 0.3) is 0 Å². The average molecular weight is 431 g/mol. The summed E-state index contributed by atoms with van der Waals surface area (Å²) in [6.07, 6.45) is 5.93.